The van der Waals surface area contributed by atoms with Gasteiger partial charge in [0, 0.05) is 23.6 Å². The Morgan fingerprint density at radius 1 is 1.09 bits per heavy atom. The number of carboxylic acids is 1. The lowest BCUT2D eigenvalue weighted by atomic mass is 9.97. The maximum atomic E-state index is 12.9. The van der Waals surface area contributed by atoms with Crippen LogP contribution in [0.5, 0.6) is 5.75 Å². The SMILES string of the molecule is COc1ccccc1-c1ccc(C[C@@H](C[C@H](O)C(=O)O)NC(=O)c2ccc3nnn(O)c3c2)cc1. The van der Waals surface area contributed by atoms with E-state index in [1.165, 1.54) is 12.1 Å². The van der Waals surface area contributed by atoms with Crippen molar-refractivity contribution in [1.82, 2.24) is 20.5 Å². The summed E-state index contributed by atoms with van der Waals surface area (Å²) in [4.78, 5) is 24.7. The number of methoxy groups -OCH3 is 1. The number of benzene rings is 3. The molecule has 180 valence electrons. The topological polar surface area (TPSA) is 147 Å². The molecule has 0 saturated heterocycles. The Bertz CT molecular complexity index is 1350. The van der Waals surface area contributed by atoms with Crippen molar-refractivity contribution in [3.63, 3.8) is 0 Å². The molecular weight excluding hydrogens is 452 g/mol. The Hall–Kier alpha value is -4.44. The largest absolute Gasteiger partial charge is 0.496 e. The fraction of sp³-hybridized carbons (Fsp3) is 0.200. The summed E-state index contributed by atoms with van der Waals surface area (Å²) in [6.07, 6.45) is -1.53. The molecule has 1 heterocycles. The van der Waals surface area contributed by atoms with Crippen LogP contribution in [0, 0.1) is 0 Å². The first-order valence-electron chi connectivity index (χ1n) is 10.8. The van der Waals surface area contributed by atoms with E-state index in [9.17, 15) is 19.9 Å². The van der Waals surface area contributed by atoms with Gasteiger partial charge in [-0.2, -0.15) is 0 Å². The first kappa shape index (κ1) is 23.7. The molecule has 0 unspecified atom stereocenters. The zero-order chi connectivity index (χ0) is 24.9. The van der Waals surface area contributed by atoms with E-state index in [-0.39, 0.29) is 17.5 Å². The number of aliphatic hydroxyl groups is 1. The minimum Gasteiger partial charge on any atom is -0.496 e. The van der Waals surface area contributed by atoms with E-state index in [1.807, 2.05) is 48.5 Å². The molecular formula is C25H24N4O6. The molecule has 0 saturated carbocycles. The number of amides is 1. The lowest BCUT2D eigenvalue weighted by Crippen LogP contribution is -2.40. The molecule has 0 spiro atoms. The van der Waals surface area contributed by atoms with Gasteiger partial charge in [-0.15, -0.1) is 5.10 Å². The molecule has 0 radical (unpaired) electrons. The first-order valence-corrected chi connectivity index (χ1v) is 10.8. The van der Waals surface area contributed by atoms with Crippen molar-refractivity contribution in [3.05, 3.63) is 77.9 Å². The first-order chi connectivity index (χ1) is 16.9. The monoisotopic (exact) mass is 476 g/mol. The van der Waals surface area contributed by atoms with Gasteiger partial charge in [0.25, 0.3) is 5.91 Å². The molecule has 4 aromatic rings. The molecule has 0 aliphatic rings. The van der Waals surface area contributed by atoms with Crippen LogP contribution in [0.25, 0.3) is 22.2 Å². The van der Waals surface area contributed by atoms with Crippen molar-refractivity contribution in [2.24, 2.45) is 0 Å². The number of nitrogens with zero attached hydrogens (tertiary/aromatic N) is 3. The number of carbonyl (C=O) groups is 2. The number of rotatable bonds is 9. The summed E-state index contributed by atoms with van der Waals surface area (Å²) in [6, 6.07) is 19.1. The van der Waals surface area contributed by atoms with Crippen LogP contribution < -0.4 is 10.1 Å². The van der Waals surface area contributed by atoms with Crippen LogP contribution >= 0.6 is 0 Å². The van der Waals surface area contributed by atoms with Gasteiger partial charge in [-0.05, 0) is 47.0 Å². The smallest absolute Gasteiger partial charge is 0.332 e. The average Bonchev–Trinajstić information content (AvgIpc) is 3.24. The van der Waals surface area contributed by atoms with Crippen LogP contribution in [0.3, 0.4) is 0 Å². The maximum absolute atomic E-state index is 12.9. The maximum Gasteiger partial charge on any atom is 0.332 e. The number of fused-ring (bicyclic) bond motifs is 1. The third-order valence-corrected chi connectivity index (χ3v) is 5.67. The normalized spacial score (nSPS) is 12.7. The number of aromatic nitrogens is 3. The lowest BCUT2D eigenvalue weighted by Gasteiger charge is -2.21. The predicted octanol–water partition coefficient (Wildman–Crippen LogP) is 2.52. The van der Waals surface area contributed by atoms with Crippen LogP contribution in [0.15, 0.2) is 66.7 Å². The van der Waals surface area contributed by atoms with Gasteiger partial charge >= 0.3 is 5.97 Å². The summed E-state index contributed by atoms with van der Waals surface area (Å²) in [5.74, 6) is -1.11. The summed E-state index contributed by atoms with van der Waals surface area (Å²) >= 11 is 0. The fourth-order valence-electron chi connectivity index (χ4n) is 3.87. The quantitative estimate of drug-likeness (QED) is 0.270. The second-order valence-corrected chi connectivity index (χ2v) is 8.04. The van der Waals surface area contributed by atoms with E-state index in [1.54, 1.807) is 13.2 Å². The average molecular weight is 476 g/mol. The number of carbonyl (C=O) groups excluding carboxylic acids is 1. The van der Waals surface area contributed by atoms with Gasteiger partial charge in [0.15, 0.2) is 6.10 Å². The molecule has 0 aliphatic heterocycles. The molecule has 3 aromatic carbocycles. The predicted molar refractivity (Wildman–Crippen MR) is 126 cm³/mol. The van der Waals surface area contributed by atoms with E-state index in [2.05, 4.69) is 15.6 Å². The number of hydrogen-bond donors (Lipinski definition) is 4. The highest BCUT2D eigenvalue weighted by atomic mass is 16.5. The number of carboxylic acid groups (broad SMARTS) is 1. The minimum absolute atomic E-state index is 0.183. The van der Waals surface area contributed by atoms with Gasteiger partial charge in [0.2, 0.25) is 0 Å². The Morgan fingerprint density at radius 3 is 2.54 bits per heavy atom. The molecule has 0 bridgehead atoms. The van der Waals surface area contributed by atoms with Crippen LogP contribution in [-0.4, -0.2) is 61.7 Å². The molecule has 4 N–H and O–H groups in total. The molecule has 1 amide bonds. The lowest BCUT2D eigenvalue weighted by molar-refractivity contribution is -0.147. The third kappa shape index (κ3) is 5.39. The Balaban J connectivity index is 1.53. The van der Waals surface area contributed by atoms with E-state index < -0.39 is 24.0 Å². The van der Waals surface area contributed by atoms with Crippen molar-refractivity contribution in [1.29, 1.82) is 0 Å². The number of aliphatic carboxylic acids is 1. The molecule has 0 aliphatic carbocycles. The van der Waals surface area contributed by atoms with Gasteiger partial charge in [0.1, 0.15) is 16.8 Å². The van der Waals surface area contributed by atoms with E-state index in [4.69, 9.17) is 9.84 Å². The van der Waals surface area contributed by atoms with Gasteiger partial charge < -0.3 is 25.5 Å². The Morgan fingerprint density at radius 2 is 1.83 bits per heavy atom. The number of nitrogens with one attached hydrogen (secondary N) is 1. The third-order valence-electron chi connectivity index (χ3n) is 5.67. The van der Waals surface area contributed by atoms with Gasteiger partial charge in [-0.25, -0.2) is 4.79 Å². The summed E-state index contributed by atoms with van der Waals surface area (Å²) in [7, 11) is 1.61. The van der Waals surface area contributed by atoms with Gasteiger partial charge in [-0.3, -0.25) is 4.79 Å². The van der Waals surface area contributed by atoms with Crippen molar-refractivity contribution in [3.8, 4) is 16.9 Å². The molecule has 0 fully saturated rings. The van der Waals surface area contributed by atoms with Crippen LogP contribution in [0.4, 0.5) is 0 Å². The van der Waals surface area contributed by atoms with Crippen molar-refractivity contribution in [2.45, 2.75) is 25.0 Å². The van der Waals surface area contributed by atoms with Crippen LogP contribution in [0.1, 0.15) is 22.3 Å². The van der Waals surface area contributed by atoms with Crippen molar-refractivity contribution < 1.29 is 29.7 Å². The molecule has 10 heteroatoms. The highest BCUT2D eigenvalue weighted by molar-refractivity contribution is 5.97. The minimum atomic E-state index is -1.64. The van der Waals surface area contributed by atoms with Crippen molar-refractivity contribution >= 4 is 22.9 Å². The summed E-state index contributed by atoms with van der Waals surface area (Å²) in [5.41, 5.74) is 3.63. The van der Waals surface area contributed by atoms with E-state index >= 15 is 0 Å². The number of aliphatic hydroxyl groups excluding tert-OH is 1. The van der Waals surface area contributed by atoms with Crippen molar-refractivity contribution in [2.75, 3.05) is 7.11 Å². The fourth-order valence-corrected chi connectivity index (χ4v) is 3.87. The number of hydrogen-bond acceptors (Lipinski definition) is 7. The molecule has 4 rings (SSSR count). The molecule has 1 aromatic heterocycles. The standard InChI is InChI=1S/C25H24N4O6/c1-35-23-5-3-2-4-19(23)16-8-6-15(7-9-16)12-18(14-22(30)25(32)33)26-24(31)17-10-11-20-21(13-17)29(34)28-27-20/h2-11,13,18,22,30,34H,12,14H2,1H3,(H,26,31)(H,32,33)/t18-,22-/m0/s1. The van der Waals surface area contributed by atoms with Gasteiger partial charge in [-0.1, -0.05) is 47.3 Å². The zero-order valence-electron chi connectivity index (χ0n) is 18.8. The van der Waals surface area contributed by atoms with E-state index in [0.29, 0.717) is 16.8 Å². The number of para-hydroxylation sites is 1. The Kier molecular flexibility index (Phi) is 6.93. The highest BCUT2D eigenvalue weighted by Crippen LogP contribution is 2.29. The van der Waals surface area contributed by atoms with E-state index in [0.717, 1.165) is 22.4 Å². The Labute approximate surface area is 200 Å². The van der Waals surface area contributed by atoms with Crippen LogP contribution in [-0.2, 0) is 11.2 Å². The summed E-state index contributed by atoms with van der Waals surface area (Å²) in [5, 5.41) is 38.9. The molecule has 10 nitrogen and oxygen atoms in total. The number of ether oxygens (including phenoxy) is 1. The summed E-state index contributed by atoms with van der Waals surface area (Å²) < 4.78 is 5.42. The second kappa shape index (κ2) is 10.2. The summed E-state index contributed by atoms with van der Waals surface area (Å²) in [6.45, 7) is 0. The van der Waals surface area contributed by atoms with Crippen LogP contribution in [0.2, 0.25) is 0 Å². The molecule has 2 atom stereocenters. The second-order valence-electron chi connectivity index (χ2n) is 8.04. The molecule has 35 heavy (non-hydrogen) atoms. The zero-order valence-corrected chi connectivity index (χ0v) is 18.8. The van der Waals surface area contributed by atoms with Gasteiger partial charge in [0.05, 0.1) is 7.11 Å². The highest BCUT2D eigenvalue weighted by Gasteiger charge is 2.23.